The first kappa shape index (κ1) is 18.2. The van der Waals surface area contributed by atoms with E-state index < -0.39 is 24.4 Å². The third-order valence-corrected chi connectivity index (χ3v) is 2.43. The molecular formula is C12H21F3O4. The van der Waals surface area contributed by atoms with E-state index in [-0.39, 0.29) is 13.2 Å². The predicted octanol–water partition coefficient (Wildman–Crippen LogP) is 2.79. The van der Waals surface area contributed by atoms with Gasteiger partial charge in [-0.3, -0.25) is 4.79 Å². The van der Waals surface area contributed by atoms with Crippen molar-refractivity contribution in [2.24, 2.45) is 0 Å². The lowest BCUT2D eigenvalue weighted by molar-refractivity contribution is -0.365. The summed E-state index contributed by atoms with van der Waals surface area (Å²) < 4.78 is 47.1. The fraction of sp³-hybridized carbons (Fsp3) is 0.917. The predicted molar refractivity (Wildman–Crippen MR) is 62.3 cm³/mol. The van der Waals surface area contributed by atoms with Crippen molar-refractivity contribution >= 4 is 5.97 Å². The summed E-state index contributed by atoms with van der Waals surface area (Å²) in [6.45, 7) is 3.40. The lowest BCUT2D eigenvalue weighted by Crippen LogP contribution is -2.49. The highest BCUT2D eigenvalue weighted by atomic mass is 19.4. The number of alkyl halides is 3. The first-order valence-electron chi connectivity index (χ1n) is 6.35. The van der Waals surface area contributed by atoms with E-state index in [0.717, 1.165) is 6.42 Å². The van der Waals surface area contributed by atoms with E-state index in [0.29, 0.717) is 19.3 Å². The maximum absolute atomic E-state index is 12.7. The van der Waals surface area contributed by atoms with E-state index in [1.54, 1.807) is 6.92 Å². The molecule has 0 radical (unpaired) electrons. The molecule has 0 saturated carbocycles. The Morgan fingerprint density at radius 2 is 1.63 bits per heavy atom. The molecule has 1 unspecified atom stereocenters. The van der Waals surface area contributed by atoms with Crippen molar-refractivity contribution in [3.05, 3.63) is 0 Å². The van der Waals surface area contributed by atoms with E-state index in [1.165, 1.54) is 0 Å². The second-order valence-corrected chi connectivity index (χ2v) is 4.23. The van der Waals surface area contributed by atoms with Gasteiger partial charge in [0.25, 0.3) is 5.79 Å². The Hall–Kier alpha value is -0.820. The number of carbonyl (C=O) groups excluding carboxylic acids is 1. The topological polar surface area (TPSA) is 55.8 Å². The minimum atomic E-state index is -5.04. The summed E-state index contributed by atoms with van der Waals surface area (Å²) in [5, 5.41) is 9.45. The molecule has 0 heterocycles. The minimum Gasteiger partial charge on any atom is -0.466 e. The highest BCUT2D eigenvalue weighted by Gasteiger charge is 2.56. The summed E-state index contributed by atoms with van der Waals surface area (Å²) in [6, 6.07) is 0. The van der Waals surface area contributed by atoms with Crippen LogP contribution in [0.4, 0.5) is 13.2 Å². The molecule has 0 amide bonds. The van der Waals surface area contributed by atoms with Crippen LogP contribution in [0, 0.1) is 0 Å². The molecule has 1 N–H and O–H groups in total. The van der Waals surface area contributed by atoms with Gasteiger partial charge in [0.1, 0.15) is 6.42 Å². The van der Waals surface area contributed by atoms with Crippen LogP contribution in [0.15, 0.2) is 0 Å². The Balaban J connectivity index is 4.46. The molecule has 0 aliphatic rings. The fourth-order valence-corrected chi connectivity index (χ4v) is 1.20. The molecule has 0 aliphatic heterocycles. The lowest BCUT2D eigenvalue weighted by Gasteiger charge is -2.29. The first-order valence-corrected chi connectivity index (χ1v) is 6.35. The summed E-state index contributed by atoms with van der Waals surface area (Å²) in [5.74, 6) is -4.59. The van der Waals surface area contributed by atoms with Crippen LogP contribution in [0.2, 0.25) is 0 Å². The average Bonchev–Trinajstić information content (AvgIpc) is 2.28. The fourth-order valence-electron chi connectivity index (χ4n) is 1.20. The zero-order valence-corrected chi connectivity index (χ0v) is 11.3. The molecule has 1 atom stereocenters. The molecule has 0 bridgehead atoms. The third-order valence-electron chi connectivity index (χ3n) is 2.43. The molecule has 0 spiro atoms. The molecule has 0 aromatic heterocycles. The number of hydrogen-bond acceptors (Lipinski definition) is 4. The van der Waals surface area contributed by atoms with Gasteiger partial charge in [-0.25, -0.2) is 0 Å². The van der Waals surface area contributed by atoms with E-state index in [2.05, 4.69) is 9.47 Å². The van der Waals surface area contributed by atoms with Crippen LogP contribution in [0.25, 0.3) is 0 Å². The molecule has 0 aromatic carbocycles. The second-order valence-electron chi connectivity index (χ2n) is 4.23. The summed E-state index contributed by atoms with van der Waals surface area (Å²) in [6.07, 6.45) is -3.98. The van der Waals surface area contributed by atoms with Crippen LogP contribution >= 0.6 is 0 Å². The van der Waals surface area contributed by atoms with Crippen LogP contribution < -0.4 is 0 Å². The zero-order chi connectivity index (χ0) is 14.9. The lowest BCUT2D eigenvalue weighted by atomic mass is 10.2. The normalized spacial score (nSPS) is 15.1. The highest BCUT2D eigenvalue weighted by Crippen LogP contribution is 2.34. The Labute approximate surface area is 110 Å². The molecular weight excluding hydrogens is 265 g/mol. The van der Waals surface area contributed by atoms with Gasteiger partial charge in [0.15, 0.2) is 0 Å². The van der Waals surface area contributed by atoms with Crippen molar-refractivity contribution in [2.75, 3.05) is 13.2 Å². The Bertz CT molecular complexity index is 268. The number of ether oxygens (including phenoxy) is 2. The van der Waals surface area contributed by atoms with Crippen molar-refractivity contribution in [1.82, 2.24) is 0 Å². The average molecular weight is 286 g/mol. The van der Waals surface area contributed by atoms with Crippen LogP contribution in [-0.4, -0.2) is 36.3 Å². The highest BCUT2D eigenvalue weighted by molar-refractivity contribution is 5.70. The molecule has 0 fully saturated rings. The quantitative estimate of drug-likeness (QED) is 0.402. The minimum absolute atomic E-state index is 0.0399. The number of halogens is 3. The van der Waals surface area contributed by atoms with Gasteiger partial charge in [0.2, 0.25) is 0 Å². The molecule has 19 heavy (non-hydrogen) atoms. The zero-order valence-electron chi connectivity index (χ0n) is 11.3. The van der Waals surface area contributed by atoms with Crippen molar-refractivity contribution in [1.29, 1.82) is 0 Å². The van der Waals surface area contributed by atoms with Gasteiger partial charge < -0.3 is 14.6 Å². The van der Waals surface area contributed by atoms with Gasteiger partial charge >= 0.3 is 12.1 Å². The smallest absolute Gasteiger partial charge is 0.443 e. The summed E-state index contributed by atoms with van der Waals surface area (Å²) in [4.78, 5) is 11.3. The molecule has 0 saturated heterocycles. The number of esters is 1. The van der Waals surface area contributed by atoms with Gasteiger partial charge in [-0.05, 0) is 12.8 Å². The van der Waals surface area contributed by atoms with Crippen molar-refractivity contribution in [2.45, 2.75) is 57.9 Å². The van der Waals surface area contributed by atoms with E-state index in [9.17, 15) is 23.1 Å². The van der Waals surface area contributed by atoms with E-state index in [1.807, 2.05) is 6.92 Å². The maximum Gasteiger partial charge on any atom is 0.443 e. The number of aliphatic hydroxyl groups is 1. The first-order chi connectivity index (χ1) is 8.77. The van der Waals surface area contributed by atoms with Crippen molar-refractivity contribution < 1.29 is 32.5 Å². The van der Waals surface area contributed by atoms with Gasteiger partial charge in [0, 0.05) is 0 Å². The van der Waals surface area contributed by atoms with Gasteiger partial charge in [-0.15, -0.1) is 0 Å². The van der Waals surface area contributed by atoms with Crippen LogP contribution in [-0.2, 0) is 14.3 Å². The van der Waals surface area contributed by atoms with Crippen molar-refractivity contribution in [3.63, 3.8) is 0 Å². The summed E-state index contributed by atoms with van der Waals surface area (Å²) in [5.41, 5.74) is 0. The van der Waals surface area contributed by atoms with Gasteiger partial charge in [0.05, 0.1) is 13.2 Å². The summed E-state index contributed by atoms with van der Waals surface area (Å²) in [7, 11) is 0. The molecule has 0 aromatic rings. The number of hydrogen-bond donors (Lipinski definition) is 1. The molecule has 0 rings (SSSR count). The molecule has 0 aliphatic carbocycles. The van der Waals surface area contributed by atoms with Crippen LogP contribution in [0.1, 0.15) is 46.0 Å². The monoisotopic (exact) mass is 286 g/mol. The van der Waals surface area contributed by atoms with Crippen LogP contribution in [0.3, 0.4) is 0 Å². The van der Waals surface area contributed by atoms with Crippen LogP contribution in [0.5, 0.6) is 0 Å². The molecule has 4 nitrogen and oxygen atoms in total. The maximum atomic E-state index is 12.7. The Morgan fingerprint density at radius 1 is 1.11 bits per heavy atom. The van der Waals surface area contributed by atoms with E-state index in [4.69, 9.17) is 0 Å². The largest absolute Gasteiger partial charge is 0.466 e. The van der Waals surface area contributed by atoms with Gasteiger partial charge in [-0.2, -0.15) is 13.2 Å². The Kier molecular flexibility index (Phi) is 8.01. The number of carbonyl (C=O) groups is 1. The van der Waals surface area contributed by atoms with Crippen molar-refractivity contribution in [3.8, 4) is 0 Å². The second kappa shape index (κ2) is 8.37. The third kappa shape index (κ3) is 6.77. The molecule has 114 valence electrons. The SMILES string of the molecule is CCCCOC(=O)CC(O)(OCCCC)C(F)(F)F. The standard InChI is InChI=1S/C12H21F3O4/c1-3-5-7-18-10(16)9-11(17,12(13,14)15)19-8-6-4-2/h17H,3-9H2,1-2H3. The Morgan fingerprint density at radius 3 is 2.11 bits per heavy atom. The molecule has 7 heteroatoms. The number of rotatable bonds is 9. The summed E-state index contributed by atoms with van der Waals surface area (Å²) >= 11 is 0. The van der Waals surface area contributed by atoms with Gasteiger partial charge in [-0.1, -0.05) is 26.7 Å². The van der Waals surface area contributed by atoms with E-state index >= 15 is 0 Å². The number of unbranched alkanes of at least 4 members (excludes halogenated alkanes) is 2.